The molecule has 6 rings (SSSR count). The van der Waals surface area contributed by atoms with E-state index in [1.165, 1.54) is 17.0 Å². The molecule has 1 aromatic heterocycles. The van der Waals surface area contributed by atoms with Crippen molar-refractivity contribution in [1.82, 2.24) is 20.5 Å². The fraction of sp³-hybridized carbons (Fsp3) is 0.500. The summed E-state index contributed by atoms with van der Waals surface area (Å²) in [5.74, 6) is -1.91. The van der Waals surface area contributed by atoms with Crippen molar-refractivity contribution in [3.05, 3.63) is 60.4 Å². The van der Waals surface area contributed by atoms with Gasteiger partial charge in [-0.2, -0.15) is 0 Å². The molecule has 1 aliphatic carbocycles. The van der Waals surface area contributed by atoms with Crippen LogP contribution in [0, 0.1) is 11.7 Å². The summed E-state index contributed by atoms with van der Waals surface area (Å²) in [7, 11) is 0. The molecule has 2 N–H and O–H groups in total. The first-order valence-corrected chi connectivity index (χ1v) is 17.5. The Morgan fingerprint density at radius 2 is 1.86 bits per heavy atom. The zero-order valence-corrected chi connectivity index (χ0v) is 29.0. The number of hydrogen-bond acceptors (Lipinski definition) is 8. The molecule has 1 saturated heterocycles. The second-order valence-corrected chi connectivity index (χ2v) is 14.4. The summed E-state index contributed by atoms with van der Waals surface area (Å²) in [5, 5.41) is 8.00. The van der Waals surface area contributed by atoms with Crippen LogP contribution in [0.2, 0.25) is 0 Å². The van der Waals surface area contributed by atoms with Crippen LogP contribution in [0.3, 0.4) is 0 Å². The molecule has 12 heteroatoms. The summed E-state index contributed by atoms with van der Waals surface area (Å²) < 4.78 is 31.6. The average molecular weight is 689 g/mol. The van der Waals surface area contributed by atoms with Gasteiger partial charge in [0.05, 0.1) is 18.7 Å². The van der Waals surface area contributed by atoms with Gasteiger partial charge in [-0.15, -0.1) is 0 Å². The molecule has 3 aromatic rings. The van der Waals surface area contributed by atoms with Crippen molar-refractivity contribution in [3.8, 4) is 5.88 Å². The number of hydrogen-bond donors (Lipinski definition) is 2. The van der Waals surface area contributed by atoms with E-state index in [1.807, 2.05) is 36.4 Å². The van der Waals surface area contributed by atoms with E-state index < -0.39 is 59.0 Å². The van der Waals surface area contributed by atoms with Gasteiger partial charge in [0.1, 0.15) is 35.1 Å². The number of halogens is 1. The summed E-state index contributed by atoms with van der Waals surface area (Å²) in [6, 6.07) is 9.90. The number of ether oxygens (including phenoxy) is 3. The Bertz CT molecular complexity index is 1820. The third-order valence-electron chi connectivity index (χ3n) is 9.48. The Morgan fingerprint density at radius 3 is 2.62 bits per heavy atom. The predicted octanol–water partition coefficient (Wildman–Crippen LogP) is 5.73. The van der Waals surface area contributed by atoms with Crippen molar-refractivity contribution >= 4 is 45.6 Å². The first kappa shape index (κ1) is 35.1. The lowest BCUT2D eigenvalue weighted by molar-refractivity contribution is -0.150. The molecule has 50 heavy (non-hydrogen) atoms. The molecule has 2 aliphatic heterocycles. The number of aromatic nitrogens is 1. The van der Waals surface area contributed by atoms with Gasteiger partial charge in [-0.1, -0.05) is 43.2 Å². The minimum Gasteiger partial charge on any atom is -0.472 e. The van der Waals surface area contributed by atoms with Crippen LogP contribution in [0.25, 0.3) is 21.7 Å². The number of alkyl carbamates (subject to hydrolysis) is 1. The molecule has 0 unspecified atom stereocenters. The van der Waals surface area contributed by atoms with Gasteiger partial charge in [-0.25, -0.2) is 19.0 Å². The van der Waals surface area contributed by atoms with E-state index in [0.29, 0.717) is 30.2 Å². The van der Waals surface area contributed by atoms with Gasteiger partial charge in [0.15, 0.2) is 0 Å². The van der Waals surface area contributed by atoms with Crippen molar-refractivity contribution in [1.29, 1.82) is 0 Å². The summed E-state index contributed by atoms with van der Waals surface area (Å²) in [6.45, 7) is 7.10. The number of fused-ring (bicyclic) bond motifs is 5. The first-order chi connectivity index (χ1) is 23.9. The van der Waals surface area contributed by atoms with Gasteiger partial charge in [0, 0.05) is 29.2 Å². The minimum absolute atomic E-state index is 0.0103. The SMILES string of the molecule is CCOC(=O)[C@@]12C[C@H]1C=CCCCCC[C@H](NC(=O)OC(C)(C)C)C(=O)N1C[C@H](Oc3nc4cc(F)ccc4c4ccccc34)C[C@H]1C(=O)N2. The standard InChI is InChI=1S/C38H45FN4O7/c1-5-48-35(46)38-21-23(38)13-9-7-6-8-10-16-29(41-36(47)50-37(2,3)4)34(45)43-22-25(20-31(43)32(44)42-38)49-33-28-15-12-11-14-26(28)27-18-17-24(39)19-30(27)40-33/h9,11-15,17-19,23,25,29,31H,5-8,10,16,20-22H2,1-4H3,(H,41,47)(H,42,44)/t23-,25-,29+,31+,38-/m1/s1. The van der Waals surface area contributed by atoms with Gasteiger partial charge in [-0.05, 0) is 77.0 Å². The van der Waals surface area contributed by atoms with Crippen molar-refractivity contribution in [3.63, 3.8) is 0 Å². The Labute approximate surface area is 290 Å². The Kier molecular flexibility index (Phi) is 10.00. The van der Waals surface area contributed by atoms with Crippen LogP contribution in [0.1, 0.15) is 72.6 Å². The molecule has 3 aliphatic rings. The van der Waals surface area contributed by atoms with Crippen molar-refractivity contribution in [2.75, 3.05) is 13.2 Å². The molecule has 0 bridgehead atoms. The highest BCUT2D eigenvalue weighted by Crippen LogP contribution is 2.46. The van der Waals surface area contributed by atoms with Gasteiger partial charge in [0.2, 0.25) is 17.7 Å². The third kappa shape index (κ3) is 7.53. The molecule has 0 spiro atoms. The van der Waals surface area contributed by atoms with Crippen molar-refractivity contribution in [2.24, 2.45) is 5.92 Å². The number of nitrogens with one attached hydrogen (secondary N) is 2. The number of pyridine rings is 1. The van der Waals surface area contributed by atoms with Crippen molar-refractivity contribution in [2.45, 2.75) is 102 Å². The highest BCUT2D eigenvalue weighted by molar-refractivity contribution is 6.07. The van der Waals surface area contributed by atoms with E-state index >= 15 is 0 Å². The first-order valence-electron chi connectivity index (χ1n) is 17.5. The lowest BCUT2D eigenvalue weighted by Gasteiger charge is -2.30. The summed E-state index contributed by atoms with van der Waals surface area (Å²) in [4.78, 5) is 60.9. The highest BCUT2D eigenvalue weighted by Gasteiger charge is 2.62. The number of rotatable bonds is 5. The molecule has 266 valence electrons. The number of amides is 3. The maximum atomic E-state index is 14.4. The fourth-order valence-electron chi connectivity index (χ4n) is 6.99. The quantitative estimate of drug-likeness (QED) is 0.197. The van der Waals surface area contributed by atoms with Gasteiger partial charge >= 0.3 is 12.1 Å². The van der Waals surface area contributed by atoms with E-state index in [9.17, 15) is 23.6 Å². The zero-order valence-electron chi connectivity index (χ0n) is 29.0. The predicted molar refractivity (Wildman–Crippen MR) is 185 cm³/mol. The zero-order chi connectivity index (χ0) is 35.6. The molecular formula is C38H45FN4O7. The average Bonchev–Trinajstić information content (AvgIpc) is 3.59. The highest BCUT2D eigenvalue weighted by atomic mass is 19.1. The normalized spacial score (nSPS) is 25.9. The monoisotopic (exact) mass is 688 g/mol. The number of nitrogens with zero attached hydrogens (tertiary/aromatic N) is 2. The number of carbonyl (C=O) groups excluding carboxylic acids is 4. The molecule has 11 nitrogen and oxygen atoms in total. The minimum atomic E-state index is -1.23. The van der Waals surface area contributed by atoms with E-state index in [2.05, 4.69) is 15.6 Å². The molecular weight excluding hydrogens is 643 g/mol. The lowest BCUT2D eigenvalue weighted by atomic mass is 10.0. The number of esters is 1. The van der Waals surface area contributed by atoms with Crippen LogP contribution in [0.15, 0.2) is 54.6 Å². The Hall–Kier alpha value is -4.74. The van der Waals surface area contributed by atoms with Crippen LogP contribution >= 0.6 is 0 Å². The third-order valence-corrected chi connectivity index (χ3v) is 9.48. The smallest absolute Gasteiger partial charge is 0.408 e. The maximum absolute atomic E-state index is 14.4. The van der Waals surface area contributed by atoms with Crippen LogP contribution < -0.4 is 15.4 Å². The van der Waals surface area contributed by atoms with Gasteiger partial charge in [-0.3, -0.25) is 9.59 Å². The van der Waals surface area contributed by atoms with Gasteiger partial charge < -0.3 is 29.7 Å². The van der Waals surface area contributed by atoms with E-state index in [1.54, 1.807) is 33.8 Å². The van der Waals surface area contributed by atoms with E-state index in [-0.39, 0.29) is 31.4 Å². The number of benzene rings is 2. The molecule has 5 atom stereocenters. The number of carbonyl (C=O) groups is 4. The van der Waals surface area contributed by atoms with E-state index in [4.69, 9.17) is 14.2 Å². The summed E-state index contributed by atoms with van der Waals surface area (Å²) in [5.41, 5.74) is -1.60. The number of allylic oxidation sites excluding steroid dienone is 1. The molecule has 3 amide bonds. The summed E-state index contributed by atoms with van der Waals surface area (Å²) >= 11 is 0. The second-order valence-electron chi connectivity index (χ2n) is 14.4. The topological polar surface area (TPSA) is 136 Å². The Balaban J connectivity index is 1.34. The molecule has 3 heterocycles. The molecule has 2 fully saturated rings. The van der Waals surface area contributed by atoms with Crippen LogP contribution in [0.4, 0.5) is 9.18 Å². The lowest BCUT2D eigenvalue weighted by Crippen LogP contribution is -2.56. The maximum Gasteiger partial charge on any atom is 0.408 e. The van der Waals surface area contributed by atoms with E-state index in [0.717, 1.165) is 30.0 Å². The van der Waals surface area contributed by atoms with Crippen molar-refractivity contribution < 1.29 is 37.8 Å². The second kappa shape index (κ2) is 14.2. The van der Waals surface area contributed by atoms with Crippen LogP contribution in [-0.2, 0) is 23.9 Å². The van der Waals surface area contributed by atoms with Crippen LogP contribution in [0.5, 0.6) is 5.88 Å². The largest absolute Gasteiger partial charge is 0.472 e. The fourth-order valence-corrected chi connectivity index (χ4v) is 6.99. The van der Waals surface area contributed by atoms with Gasteiger partial charge in [0.25, 0.3) is 0 Å². The molecule has 2 aromatic carbocycles. The summed E-state index contributed by atoms with van der Waals surface area (Å²) in [6.07, 6.45) is 6.50. The Morgan fingerprint density at radius 1 is 1.08 bits per heavy atom. The molecule has 0 radical (unpaired) electrons. The molecule has 1 saturated carbocycles. The van der Waals surface area contributed by atoms with Crippen LogP contribution in [-0.4, -0.2) is 76.2 Å².